The maximum atomic E-state index is 11.5. The summed E-state index contributed by atoms with van der Waals surface area (Å²) in [6.45, 7) is 17.6. The van der Waals surface area contributed by atoms with E-state index in [9.17, 15) is 4.79 Å². The Morgan fingerprint density at radius 1 is 0.870 bits per heavy atom. The van der Waals surface area contributed by atoms with Gasteiger partial charge >= 0.3 is 5.97 Å². The smallest absolute Gasteiger partial charge is 0.333 e. The second kappa shape index (κ2) is 15.0. The number of hydrogen-bond acceptors (Lipinski definition) is 2. The Bertz CT molecular complexity index is 297. The van der Waals surface area contributed by atoms with Crippen molar-refractivity contribution in [3.05, 3.63) is 12.2 Å². The highest BCUT2D eigenvalue weighted by molar-refractivity contribution is 5.86. The van der Waals surface area contributed by atoms with E-state index >= 15 is 0 Å². The molecule has 0 aliphatic carbocycles. The first-order chi connectivity index (χ1) is 10.5. The second-order valence-corrected chi connectivity index (χ2v) is 6.57. The van der Waals surface area contributed by atoms with Crippen molar-refractivity contribution in [1.29, 1.82) is 0 Å². The van der Waals surface area contributed by atoms with E-state index in [1.165, 1.54) is 62.6 Å². The van der Waals surface area contributed by atoms with E-state index in [0.717, 1.165) is 13.0 Å². The summed E-state index contributed by atoms with van der Waals surface area (Å²) in [6, 6.07) is 0. The zero-order chi connectivity index (χ0) is 16.8. The van der Waals surface area contributed by atoms with Crippen LogP contribution in [0.15, 0.2) is 12.2 Å². The monoisotopic (exact) mass is 347 g/mol. The van der Waals surface area contributed by atoms with E-state index in [4.69, 9.17) is 4.74 Å². The number of unbranched alkanes of at least 4 members (excludes halogenated alkanes) is 3. The molecular formula is C19H38ClNO2. The molecule has 0 saturated heterocycles. The maximum absolute atomic E-state index is 11.5. The number of halogens is 1. The number of nitrogens with zero attached hydrogens (tertiary/aromatic N) is 1. The van der Waals surface area contributed by atoms with Crippen molar-refractivity contribution in [2.24, 2.45) is 0 Å². The van der Waals surface area contributed by atoms with Gasteiger partial charge in [-0.1, -0.05) is 46.6 Å². The minimum absolute atomic E-state index is 0. The minimum Gasteiger partial charge on any atom is -1.00 e. The van der Waals surface area contributed by atoms with E-state index in [1.807, 2.05) is 0 Å². The van der Waals surface area contributed by atoms with Crippen LogP contribution in [0.5, 0.6) is 0 Å². The van der Waals surface area contributed by atoms with Crippen molar-refractivity contribution < 1.29 is 26.4 Å². The van der Waals surface area contributed by atoms with Crippen LogP contribution in [0.1, 0.15) is 72.6 Å². The Kier molecular flexibility index (Phi) is 16.1. The third-order valence-electron chi connectivity index (χ3n) is 4.32. The zero-order valence-electron chi connectivity index (χ0n) is 15.8. The highest BCUT2D eigenvalue weighted by atomic mass is 35.5. The Morgan fingerprint density at radius 2 is 1.26 bits per heavy atom. The summed E-state index contributed by atoms with van der Waals surface area (Å²) in [7, 11) is 0. The summed E-state index contributed by atoms with van der Waals surface area (Å²) in [6.07, 6.45) is 8.59. The molecule has 0 fully saturated rings. The van der Waals surface area contributed by atoms with Gasteiger partial charge in [0.15, 0.2) is 0 Å². The lowest BCUT2D eigenvalue weighted by atomic mass is 10.1. The molecule has 0 bridgehead atoms. The van der Waals surface area contributed by atoms with Crippen LogP contribution in [0.3, 0.4) is 0 Å². The van der Waals surface area contributed by atoms with Gasteiger partial charge in [0, 0.05) is 12.0 Å². The molecule has 0 aromatic rings. The van der Waals surface area contributed by atoms with E-state index in [2.05, 4.69) is 27.4 Å². The van der Waals surface area contributed by atoms with Gasteiger partial charge in [0.1, 0.15) is 0 Å². The van der Waals surface area contributed by atoms with Gasteiger partial charge in [0.2, 0.25) is 0 Å². The van der Waals surface area contributed by atoms with Gasteiger partial charge in [0.05, 0.1) is 32.8 Å². The third kappa shape index (κ3) is 11.6. The number of ether oxygens (including phenoxy) is 1. The highest BCUT2D eigenvalue weighted by Gasteiger charge is 2.25. The number of esters is 1. The SMILES string of the molecule is C=C(C)C(=O)OCCC[N+](CCCC)(CCCC)CCCC.[Cl-]. The second-order valence-electron chi connectivity index (χ2n) is 6.57. The Balaban J connectivity index is 0. The normalized spacial score (nSPS) is 11.0. The van der Waals surface area contributed by atoms with Crippen LogP contribution < -0.4 is 12.4 Å². The molecule has 0 saturated carbocycles. The summed E-state index contributed by atoms with van der Waals surface area (Å²) < 4.78 is 6.47. The van der Waals surface area contributed by atoms with Crippen molar-refractivity contribution >= 4 is 5.97 Å². The standard InChI is InChI=1S/C19H38NO2.ClH/c1-6-9-13-20(14-10-7-2,15-11-8-3)16-12-17-22-19(21)18(4)5;/h4,6-17H2,1-3,5H3;1H/q+1;/p-1. The van der Waals surface area contributed by atoms with Gasteiger partial charge in [-0.2, -0.15) is 0 Å². The van der Waals surface area contributed by atoms with Gasteiger partial charge in [-0.15, -0.1) is 0 Å². The maximum Gasteiger partial charge on any atom is 0.333 e. The molecule has 0 atom stereocenters. The Labute approximate surface area is 150 Å². The first-order valence-electron chi connectivity index (χ1n) is 9.19. The molecule has 0 heterocycles. The molecular weight excluding hydrogens is 310 g/mol. The fraction of sp³-hybridized carbons (Fsp3) is 0.842. The summed E-state index contributed by atoms with van der Waals surface area (Å²) >= 11 is 0. The molecule has 0 aliphatic heterocycles. The number of rotatable bonds is 14. The van der Waals surface area contributed by atoms with Crippen LogP contribution in [-0.4, -0.2) is 43.2 Å². The van der Waals surface area contributed by atoms with Crippen LogP contribution in [0.4, 0.5) is 0 Å². The summed E-state index contributed by atoms with van der Waals surface area (Å²) in [5, 5.41) is 0. The van der Waals surface area contributed by atoms with Crippen LogP contribution in [0.25, 0.3) is 0 Å². The van der Waals surface area contributed by atoms with Crippen LogP contribution in [-0.2, 0) is 9.53 Å². The molecule has 138 valence electrons. The fourth-order valence-corrected chi connectivity index (χ4v) is 2.84. The molecule has 4 heteroatoms. The third-order valence-corrected chi connectivity index (χ3v) is 4.32. The quantitative estimate of drug-likeness (QED) is 0.207. The van der Waals surface area contributed by atoms with E-state index in [-0.39, 0.29) is 18.4 Å². The molecule has 0 amide bonds. The van der Waals surface area contributed by atoms with Gasteiger partial charge in [-0.25, -0.2) is 4.79 Å². The summed E-state index contributed by atoms with van der Waals surface area (Å²) in [4.78, 5) is 11.5. The fourth-order valence-electron chi connectivity index (χ4n) is 2.84. The van der Waals surface area contributed by atoms with Gasteiger partial charge in [-0.05, 0) is 26.2 Å². The molecule has 23 heavy (non-hydrogen) atoms. The Hall–Kier alpha value is -0.540. The lowest BCUT2D eigenvalue weighted by molar-refractivity contribution is -0.929. The molecule has 0 N–H and O–H groups in total. The molecule has 0 spiro atoms. The number of quaternary nitrogens is 1. The zero-order valence-corrected chi connectivity index (χ0v) is 16.6. The van der Waals surface area contributed by atoms with E-state index in [0.29, 0.717) is 12.2 Å². The average Bonchev–Trinajstić information content (AvgIpc) is 2.52. The number of carbonyl (C=O) groups excluding carboxylic acids is 1. The molecule has 0 unspecified atom stereocenters. The largest absolute Gasteiger partial charge is 1.00 e. The van der Waals surface area contributed by atoms with Gasteiger partial charge < -0.3 is 21.6 Å². The van der Waals surface area contributed by atoms with Crippen molar-refractivity contribution in [3.63, 3.8) is 0 Å². The molecule has 0 aromatic carbocycles. The topological polar surface area (TPSA) is 26.3 Å². The average molecular weight is 348 g/mol. The molecule has 0 rings (SSSR count). The highest BCUT2D eigenvalue weighted by Crippen LogP contribution is 2.16. The van der Waals surface area contributed by atoms with Crippen molar-refractivity contribution in [2.45, 2.75) is 72.6 Å². The summed E-state index contributed by atoms with van der Waals surface area (Å²) in [5.41, 5.74) is 0.490. The van der Waals surface area contributed by atoms with Crippen LogP contribution >= 0.6 is 0 Å². The van der Waals surface area contributed by atoms with E-state index in [1.54, 1.807) is 6.92 Å². The predicted octanol–water partition coefficient (Wildman–Crippen LogP) is 1.72. The molecule has 0 radical (unpaired) electrons. The molecule has 3 nitrogen and oxygen atoms in total. The summed E-state index contributed by atoms with van der Waals surface area (Å²) in [5.74, 6) is -0.256. The first-order valence-corrected chi connectivity index (χ1v) is 9.19. The number of carbonyl (C=O) groups is 1. The molecule has 0 aliphatic rings. The predicted molar refractivity (Wildman–Crippen MR) is 94.8 cm³/mol. The van der Waals surface area contributed by atoms with Crippen molar-refractivity contribution in [2.75, 3.05) is 32.8 Å². The lowest BCUT2D eigenvalue weighted by Crippen LogP contribution is -3.00. The van der Waals surface area contributed by atoms with Crippen LogP contribution in [0.2, 0.25) is 0 Å². The Morgan fingerprint density at radius 3 is 1.61 bits per heavy atom. The van der Waals surface area contributed by atoms with Crippen LogP contribution in [0, 0.1) is 0 Å². The van der Waals surface area contributed by atoms with Crippen molar-refractivity contribution in [1.82, 2.24) is 0 Å². The lowest BCUT2D eigenvalue weighted by Gasteiger charge is -2.39. The minimum atomic E-state index is -0.256. The van der Waals surface area contributed by atoms with Crippen molar-refractivity contribution in [3.8, 4) is 0 Å². The first kappa shape index (κ1) is 24.7. The molecule has 0 aromatic heterocycles. The van der Waals surface area contributed by atoms with Gasteiger partial charge in [-0.3, -0.25) is 0 Å². The number of hydrogen-bond donors (Lipinski definition) is 0. The van der Waals surface area contributed by atoms with Gasteiger partial charge in [0.25, 0.3) is 0 Å². The van der Waals surface area contributed by atoms with E-state index < -0.39 is 0 Å².